The first-order chi connectivity index (χ1) is 13.5. The van der Waals surface area contributed by atoms with Gasteiger partial charge in [-0.3, -0.25) is 4.90 Å². The summed E-state index contributed by atoms with van der Waals surface area (Å²) in [5.74, 6) is 1.41. The van der Waals surface area contributed by atoms with Gasteiger partial charge in [0.1, 0.15) is 17.6 Å². The van der Waals surface area contributed by atoms with Crippen LogP contribution in [0.25, 0.3) is 5.52 Å². The predicted octanol–water partition coefficient (Wildman–Crippen LogP) is 0.346. The number of nitrogens with one attached hydrogen (secondary N) is 1. The summed E-state index contributed by atoms with van der Waals surface area (Å²) >= 11 is 0. The average Bonchev–Trinajstić information content (AvgIpc) is 3.10. The smallest absolute Gasteiger partial charge is 0.158 e. The molecule has 9 heteroatoms. The number of hydrogen-bond acceptors (Lipinski definition) is 8. The maximum atomic E-state index is 10.1. The summed E-state index contributed by atoms with van der Waals surface area (Å²) in [5, 5.41) is 27.8. The summed E-state index contributed by atoms with van der Waals surface area (Å²) < 4.78 is 7.03. The molecule has 1 saturated heterocycles. The minimum Gasteiger partial charge on any atom is -0.497 e. The van der Waals surface area contributed by atoms with Gasteiger partial charge in [0.05, 0.1) is 25.4 Å². The molecule has 0 spiro atoms. The number of aliphatic hydroxyl groups is 2. The van der Waals surface area contributed by atoms with Crippen LogP contribution in [0.2, 0.25) is 0 Å². The number of nitrogens with two attached hydrogens (primary N) is 1. The number of aliphatic hydroxyl groups excluding tert-OH is 2. The Morgan fingerprint density at radius 3 is 2.79 bits per heavy atom. The van der Waals surface area contributed by atoms with E-state index in [1.54, 1.807) is 11.6 Å². The second-order valence-electron chi connectivity index (χ2n) is 7.01. The van der Waals surface area contributed by atoms with E-state index in [1.165, 1.54) is 6.33 Å². The van der Waals surface area contributed by atoms with E-state index in [0.29, 0.717) is 25.5 Å². The molecule has 0 radical (unpaired) electrons. The average molecular weight is 384 g/mol. The lowest BCUT2D eigenvalue weighted by Gasteiger charge is -2.37. The van der Waals surface area contributed by atoms with Crippen molar-refractivity contribution in [2.45, 2.75) is 24.8 Å². The highest BCUT2D eigenvalue weighted by Gasteiger charge is 2.32. The van der Waals surface area contributed by atoms with Crippen LogP contribution < -0.4 is 15.8 Å². The number of β-amino-alcohol motifs (C(OH)–C–C–N with tert-alkyl or cyclic N) is 2. The number of rotatable bonds is 5. The zero-order valence-corrected chi connectivity index (χ0v) is 15.6. The number of fused-ring (bicyclic) bond motifs is 1. The Labute approximate surface area is 162 Å². The van der Waals surface area contributed by atoms with Gasteiger partial charge in [0.15, 0.2) is 5.82 Å². The Balaban J connectivity index is 1.62. The number of nitrogens with zero attached hydrogens (tertiary/aromatic N) is 4. The Bertz CT molecular complexity index is 950. The number of piperidine rings is 1. The first-order valence-corrected chi connectivity index (χ1v) is 9.11. The van der Waals surface area contributed by atoms with E-state index in [1.807, 2.05) is 41.4 Å². The van der Waals surface area contributed by atoms with Crippen molar-refractivity contribution in [1.82, 2.24) is 19.5 Å². The van der Waals surface area contributed by atoms with Gasteiger partial charge in [-0.1, -0.05) is 6.07 Å². The van der Waals surface area contributed by atoms with Gasteiger partial charge in [-0.2, -0.15) is 5.10 Å². The normalized spacial score (nSPS) is 21.1. The number of benzene rings is 1. The van der Waals surface area contributed by atoms with Crippen molar-refractivity contribution in [3.8, 4) is 5.75 Å². The van der Waals surface area contributed by atoms with Crippen LogP contribution in [0.1, 0.15) is 5.56 Å². The topological polar surface area (TPSA) is 121 Å². The number of aromatic nitrogens is 3. The third-order valence-corrected chi connectivity index (χ3v) is 5.04. The molecule has 148 valence electrons. The van der Waals surface area contributed by atoms with Crippen molar-refractivity contribution in [2.24, 2.45) is 5.73 Å². The minimum atomic E-state index is -0.761. The zero-order chi connectivity index (χ0) is 19.7. The highest BCUT2D eigenvalue weighted by Crippen LogP contribution is 2.26. The van der Waals surface area contributed by atoms with Crippen molar-refractivity contribution in [3.05, 3.63) is 48.4 Å². The minimum absolute atomic E-state index is 0.405. The Kier molecular flexibility index (Phi) is 5.14. The maximum absolute atomic E-state index is 10.1. The lowest BCUT2D eigenvalue weighted by Crippen LogP contribution is -2.58. The number of ether oxygens (including phenoxy) is 1. The van der Waals surface area contributed by atoms with Gasteiger partial charge in [-0.05, 0) is 23.8 Å². The van der Waals surface area contributed by atoms with Gasteiger partial charge in [0.2, 0.25) is 0 Å². The van der Waals surface area contributed by atoms with Crippen molar-refractivity contribution >= 4 is 17.0 Å². The summed E-state index contributed by atoms with van der Waals surface area (Å²) in [4.78, 5) is 6.39. The second kappa shape index (κ2) is 7.72. The summed E-state index contributed by atoms with van der Waals surface area (Å²) in [7, 11) is 1.63. The Morgan fingerprint density at radius 2 is 2.04 bits per heavy atom. The molecule has 28 heavy (non-hydrogen) atoms. The van der Waals surface area contributed by atoms with E-state index >= 15 is 0 Å². The molecule has 1 fully saturated rings. The lowest BCUT2D eigenvalue weighted by atomic mass is 9.99. The van der Waals surface area contributed by atoms with Gasteiger partial charge in [-0.15, -0.1) is 0 Å². The van der Waals surface area contributed by atoms with Gasteiger partial charge < -0.3 is 26.0 Å². The first-order valence-electron chi connectivity index (χ1n) is 9.11. The maximum Gasteiger partial charge on any atom is 0.158 e. The molecule has 0 bridgehead atoms. The van der Waals surface area contributed by atoms with E-state index < -0.39 is 18.2 Å². The van der Waals surface area contributed by atoms with Crippen LogP contribution >= 0.6 is 0 Å². The molecule has 9 nitrogen and oxygen atoms in total. The summed E-state index contributed by atoms with van der Waals surface area (Å²) in [5.41, 5.74) is 8.48. The third-order valence-electron chi connectivity index (χ3n) is 5.04. The molecular weight excluding hydrogens is 360 g/mol. The molecule has 1 aromatic carbocycles. The van der Waals surface area contributed by atoms with Crippen LogP contribution in [0, 0.1) is 0 Å². The number of likely N-dealkylation sites (tertiary alicyclic amines) is 1. The third kappa shape index (κ3) is 3.65. The fourth-order valence-corrected chi connectivity index (χ4v) is 3.55. The quantitative estimate of drug-likeness (QED) is 0.497. The number of anilines is 2. The molecule has 0 amide bonds. The molecule has 1 aliphatic rings. The summed E-state index contributed by atoms with van der Waals surface area (Å²) in [6.45, 7) is 1.35. The lowest BCUT2D eigenvalue weighted by molar-refractivity contribution is -0.0289. The van der Waals surface area contributed by atoms with Crippen LogP contribution in [0.4, 0.5) is 11.5 Å². The Hall–Kier alpha value is -2.72. The molecule has 2 aromatic heterocycles. The van der Waals surface area contributed by atoms with E-state index in [-0.39, 0.29) is 0 Å². The molecule has 0 saturated carbocycles. The van der Waals surface area contributed by atoms with Gasteiger partial charge in [0.25, 0.3) is 0 Å². The molecule has 3 aromatic rings. The number of hydrogen-bond donors (Lipinski definition) is 4. The first kappa shape index (κ1) is 18.6. The molecule has 1 aliphatic heterocycles. The van der Waals surface area contributed by atoms with Crippen molar-refractivity contribution < 1.29 is 14.9 Å². The largest absolute Gasteiger partial charge is 0.497 e. The van der Waals surface area contributed by atoms with Crippen LogP contribution in [-0.2, 0) is 6.54 Å². The molecule has 4 rings (SSSR count). The van der Waals surface area contributed by atoms with Crippen LogP contribution in [0.5, 0.6) is 5.75 Å². The highest BCUT2D eigenvalue weighted by molar-refractivity contribution is 5.76. The van der Waals surface area contributed by atoms with Crippen molar-refractivity contribution in [1.29, 1.82) is 0 Å². The molecule has 0 unspecified atom stereocenters. The van der Waals surface area contributed by atoms with E-state index in [2.05, 4.69) is 15.4 Å². The molecule has 5 N–H and O–H groups in total. The molecule has 0 aliphatic carbocycles. The molecular formula is C19H24N6O3. The fraction of sp³-hybridized carbons (Fsp3) is 0.368. The fourth-order valence-electron chi connectivity index (χ4n) is 3.55. The van der Waals surface area contributed by atoms with E-state index in [0.717, 1.165) is 22.5 Å². The van der Waals surface area contributed by atoms with Crippen LogP contribution in [0.3, 0.4) is 0 Å². The monoisotopic (exact) mass is 384 g/mol. The standard InChI is InChI=1S/C19H24N6O3/c1-28-14-4-2-3-13(7-14)23-19-18-12(5-6-25(18)22-11-21-19)8-24-9-15(26)17(20)16(27)10-24/h2-7,11,15-17,26-27H,8-10,20H2,1H3,(H,21,22,23)/t15-,16-/m0/s1. The van der Waals surface area contributed by atoms with Crippen LogP contribution in [-0.4, -0.2) is 68.2 Å². The molecule has 3 heterocycles. The second-order valence-corrected chi connectivity index (χ2v) is 7.01. The van der Waals surface area contributed by atoms with Crippen LogP contribution in [0.15, 0.2) is 42.9 Å². The van der Waals surface area contributed by atoms with Gasteiger partial charge in [0, 0.05) is 37.6 Å². The van der Waals surface area contributed by atoms with Crippen molar-refractivity contribution in [3.63, 3.8) is 0 Å². The predicted molar refractivity (Wildman–Crippen MR) is 105 cm³/mol. The summed E-state index contributed by atoms with van der Waals surface area (Å²) in [6.07, 6.45) is 1.84. The van der Waals surface area contributed by atoms with Gasteiger partial charge in [-0.25, -0.2) is 9.50 Å². The van der Waals surface area contributed by atoms with E-state index in [9.17, 15) is 10.2 Å². The van der Waals surface area contributed by atoms with E-state index in [4.69, 9.17) is 10.5 Å². The highest BCUT2D eigenvalue weighted by atomic mass is 16.5. The zero-order valence-electron chi connectivity index (χ0n) is 15.6. The number of methoxy groups -OCH3 is 1. The summed E-state index contributed by atoms with van der Waals surface area (Å²) in [6, 6.07) is 8.95. The van der Waals surface area contributed by atoms with Crippen molar-refractivity contribution in [2.75, 3.05) is 25.5 Å². The molecule has 2 atom stereocenters. The Morgan fingerprint density at radius 1 is 1.25 bits per heavy atom. The SMILES string of the molecule is COc1cccc(Nc2ncnn3ccc(CN4C[C@H](O)C(N)[C@@H](O)C4)c23)c1. The van der Waals surface area contributed by atoms with Gasteiger partial charge >= 0.3 is 0 Å².